The van der Waals surface area contributed by atoms with Crippen molar-refractivity contribution in [1.29, 1.82) is 0 Å². The predicted octanol–water partition coefficient (Wildman–Crippen LogP) is 2.77. The molecular formula is C17H16F4N4O2. The van der Waals surface area contributed by atoms with Crippen LogP contribution in [0, 0.1) is 5.82 Å². The van der Waals surface area contributed by atoms with Gasteiger partial charge in [0.15, 0.2) is 5.96 Å². The van der Waals surface area contributed by atoms with E-state index >= 15 is 0 Å². The highest BCUT2D eigenvalue weighted by molar-refractivity contribution is 5.94. The van der Waals surface area contributed by atoms with E-state index in [-0.39, 0.29) is 24.8 Å². The number of halogens is 4. The van der Waals surface area contributed by atoms with Crippen LogP contribution in [0.15, 0.2) is 53.5 Å². The number of hydrogen-bond acceptors (Lipinski definition) is 3. The Morgan fingerprint density at radius 2 is 1.70 bits per heavy atom. The smallest absolute Gasteiger partial charge is 0.406 e. The highest BCUT2D eigenvalue weighted by atomic mass is 19.4. The summed E-state index contributed by atoms with van der Waals surface area (Å²) < 4.78 is 52.8. The summed E-state index contributed by atoms with van der Waals surface area (Å²) in [6, 6.07) is 10.4. The molecule has 2 aromatic carbocycles. The van der Waals surface area contributed by atoms with Gasteiger partial charge in [-0.25, -0.2) is 9.38 Å². The van der Waals surface area contributed by atoms with Crippen LogP contribution in [0.5, 0.6) is 5.75 Å². The molecule has 144 valence electrons. The van der Waals surface area contributed by atoms with E-state index in [0.29, 0.717) is 11.3 Å². The van der Waals surface area contributed by atoms with Crippen LogP contribution in [0.1, 0.15) is 5.56 Å². The molecule has 0 saturated carbocycles. The lowest BCUT2D eigenvalue weighted by Crippen LogP contribution is -2.37. The van der Waals surface area contributed by atoms with Gasteiger partial charge in [0.1, 0.15) is 11.6 Å². The fourth-order valence-corrected chi connectivity index (χ4v) is 1.94. The van der Waals surface area contributed by atoms with Crippen molar-refractivity contribution in [1.82, 2.24) is 5.32 Å². The maximum absolute atomic E-state index is 12.8. The Hall–Kier alpha value is -3.30. The molecule has 0 heterocycles. The minimum Gasteiger partial charge on any atom is -0.406 e. The number of hydrogen-bond donors (Lipinski definition) is 3. The van der Waals surface area contributed by atoms with Gasteiger partial charge in [0.2, 0.25) is 5.91 Å². The molecule has 0 radical (unpaired) electrons. The van der Waals surface area contributed by atoms with Crippen molar-refractivity contribution in [2.75, 3.05) is 11.9 Å². The molecule has 0 bridgehead atoms. The minimum atomic E-state index is -4.75. The molecule has 0 unspecified atom stereocenters. The highest BCUT2D eigenvalue weighted by Crippen LogP contribution is 2.22. The number of aliphatic imine (C=N–C) groups is 1. The third kappa shape index (κ3) is 7.63. The van der Waals surface area contributed by atoms with Crippen molar-refractivity contribution >= 4 is 17.6 Å². The Labute approximate surface area is 152 Å². The number of carbonyl (C=O) groups is 1. The van der Waals surface area contributed by atoms with Gasteiger partial charge in [0.25, 0.3) is 0 Å². The first-order valence-corrected chi connectivity index (χ1v) is 7.65. The van der Waals surface area contributed by atoms with Gasteiger partial charge in [-0.15, -0.1) is 13.2 Å². The van der Waals surface area contributed by atoms with Gasteiger partial charge in [-0.1, -0.05) is 12.1 Å². The van der Waals surface area contributed by atoms with Crippen molar-refractivity contribution in [3.8, 4) is 5.75 Å². The number of amides is 1. The molecule has 1 amide bonds. The molecular weight excluding hydrogens is 368 g/mol. The van der Waals surface area contributed by atoms with Gasteiger partial charge in [-0.2, -0.15) is 0 Å². The van der Waals surface area contributed by atoms with Crippen LogP contribution in [0.4, 0.5) is 23.2 Å². The van der Waals surface area contributed by atoms with E-state index in [2.05, 4.69) is 20.4 Å². The summed E-state index contributed by atoms with van der Waals surface area (Å²) in [5.74, 6) is -1.17. The third-order valence-electron chi connectivity index (χ3n) is 3.15. The molecule has 0 aliphatic rings. The van der Waals surface area contributed by atoms with Crippen molar-refractivity contribution in [3.63, 3.8) is 0 Å². The number of guanidine groups is 1. The number of rotatable bonds is 6. The average Bonchev–Trinajstić information content (AvgIpc) is 2.60. The predicted molar refractivity (Wildman–Crippen MR) is 91.5 cm³/mol. The highest BCUT2D eigenvalue weighted by Gasteiger charge is 2.30. The molecule has 2 rings (SSSR count). The molecule has 10 heteroatoms. The summed E-state index contributed by atoms with van der Waals surface area (Å²) in [4.78, 5) is 15.7. The van der Waals surface area contributed by atoms with Crippen molar-refractivity contribution in [2.24, 2.45) is 10.7 Å². The Bertz CT molecular complexity index is 790. The van der Waals surface area contributed by atoms with Gasteiger partial charge in [0, 0.05) is 5.69 Å². The second kappa shape index (κ2) is 8.88. The first-order valence-electron chi connectivity index (χ1n) is 7.65. The molecule has 0 saturated heterocycles. The van der Waals surface area contributed by atoms with Crippen LogP contribution >= 0.6 is 0 Å². The quantitative estimate of drug-likeness (QED) is 0.406. The molecule has 0 atom stereocenters. The van der Waals surface area contributed by atoms with Crippen LogP contribution < -0.4 is 21.1 Å². The van der Waals surface area contributed by atoms with E-state index in [0.717, 1.165) is 12.1 Å². The van der Waals surface area contributed by atoms with E-state index < -0.39 is 18.1 Å². The van der Waals surface area contributed by atoms with Crippen molar-refractivity contribution in [2.45, 2.75) is 12.9 Å². The fraction of sp³-hybridized carbons (Fsp3) is 0.176. The molecule has 27 heavy (non-hydrogen) atoms. The molecule has 0 aliphatic carbocycles. The molecule has 0 spiro atoms. The van der Waals surface area contributed by atoms with Crippen molar-refractivity contribution < 1.29 is 27.1 Å². The van der Waals surface area contributed by atoms with E-state index in [1.165, 1.54) is 36.4 Å². The van der Waals surface area contributed by atoms with Gasteiger partial charge < -0.3 is 21.1 Å². The van der Waals surface area contributed by atoms with Crippen LogP contribution in [-0.2, 0) is 11.3 Å². The van der Waals surface area contributed by atoms with E-state index in [1.807, 2.05) is 0 Å². The van der Waals surface area contributed by atoms with Crippen LogP contribution in [0.3, 0.4) is 0 Å². The standard InChI is InChI=1S/C17H16F4N4O2/c18-12-3-5-13(6-4-12)25-15(26)10-24-16(22)23-9-11-1-7-14(8-2-11)27-17(19,20)21/h1-8H,9-10H2,(H,25,26)(H3,22,23,24). The number of ether oxygens (including phenoxy) is 1. The second-order valence-electron chi connectivity index (χ2n) is 5.30. The number of carbonyl (C=O) groups excluding carboxylic acids is 1. The fourth-order valence-electron chi connectivity index (χ4n) is 1.94. The molecule has 4 N–H and O–H groups in total. The first-order chi connectivity index (χ1) is 12.7. The third-order valence-corrected chi connectivity index (χ3v) is 3.15. The van der Waals surface area contributed by atoms with Crippen molar-refractivity contribution in [3.05, 3.63) is 59.9 Å². The molecule has 0 aliphatic heterocycles. The maximum atomic E-state index is 12.8. The summed E-state index contributed by atoms with van der Waals surface area (Å²) in [6.07, 6.45) is -4.75. The van der Waals surface area contributed by atoms with Crippen LogP contribution in [0.2, 0.25) is 0 Å². The lowest BCUT2D eigenvalue weighted by Gasteiger charge is -2.09. The van der Waals surface area contributed by atoms with Crippen LogP contribution in [-0.4, -0.2) is 24.8 Å². The van der Waals surface area contributed by atoms with E-state index in [4.69, 9.17) is 5.73 Å². The maximum Gasteiger partial charge on any atom is 0.573 e. The van der Waals surface area contributed by atoms with Gasteiger partial charge in [-0.05, 0) is 42.0 Å². The van der Waals surface area contributed by atoms with Gasteiger partial charge >= 0.3 is 6.36 Å². The van der Waals surface area contributed by atoms with E-state index in [1.54, 1.807) is 0 Å². The molecule has 2 aromatic rings. The number of nitrogens with two attached hydrogens (primary N) is 1. The SMILES string of the molecule is NC(=NCc1ccc(OC(F)(F)F)cc1)NCC(=O)Nc1ccc(F)cc1. The van der Waals surface area contributed by atoms with Crippen LogP contribution in [0.25, 0.3) is 0 Å². The first kappa shape index (κ1) is 20.0. The summed E-state index contributed by atoms with van der Waals surface area (Å²) in [6.45, 7) is -0.0597. The Balaban J connectivity index is 1.78. The van der Waals surface area contributed by atoms with Gasteiger partial charge in [0.05, 0.1) is 13.1 Å². The Kier molecular flexibility index (Phi) is 6.58. The number of nitrogens with one attached hydrogen (secondary N) is 2. The number of alkyl halides is 3. The zero-order valence-corrected chi connectivity index (χ0v) is 13.9. The number of anilines is 1. The monoisotopic (exact) mass is 384 g/mol. The zero-order valence-electron chi connectivity index (χ0n) is 13.9. The Morgan fingerprint density at radius 3 is 2.30 bits per heavy atom. The average molecular weight is 384 g/mol. The Morgan fingerprint density at radius 1 is 1.07 bits per heavy atom. The zero-order chi connectivity index (χ0) is 19.9. The second-order valence-corrected chi connectivity index (χ2v) is 5.30. The summed E-state index contributed by atoms with van der Waals surface area (Å²) >= 11 is 0. The molecule has 0 aromatic heterocycles. The lowest BCUT2D eigenvalue weighted by atomic mass is 10.2. The number of nitrogens with zero attached hydrogens (tertiary/aromatic N) is 1. The summed E-state index contributed by atoms with van der Waals surface area (Å²) in [7, 11) is 0. The molecule has 6 nitrogen and oxygen atoms in total. The largest absolute Gasteiger partial charge is 0.573 e. The van der Waals surface area contributed by atoms with E-state index in [9.17, 15) is 22.4 Å². The molecule has 0 fully saturated rings. The minimum absolute atomic E-state index is 0.0140. The summed E-state index contributed by atoms with van der Waals surface area (Å²) in [5.41, 5.74) is 6.66. The lowest BCUT2D eigenvalue weighted by molar-refractivity contribution is -0.274. The topological polar surface area (TPSA) is 88.7 Å². The summed E-state index contributed by atoms with van der Waals surface area (Å²) in [5, 5.41) is 5.13. The normalized spacial score (nSPS) is 11.8. The number of benzene rings is 2. The van der Waals surface area contributed by atoms with Gasteiger partial charge in [-0.3, -0.25) is 4.79 Å².